The van der Waals surface area contributed by atoms with Crippen LogP contribution in [0.15, 0.2) is 0 Å². The van der Waals surface area contributed by atoms with E-state index < -0.39 is 11.9 Å². The van der Waals surface area contributed by atoms with Gasteiger partial charge in [-0.15, -0.1) is 0 Å². The third-order valence-electron chi connectivity index (χ3n) is 2.05. The van der Waals surface area contributed by atoms with Gasteiger partial charge in [-0.2, -0.15) is 0 Å². The zero-order valence-electron chi connectivity index (χ0n) is 11.7. The summed E-state index contributed by atoms with van der Waals surface area (Å²) in [6.07, 6.45) is 1.37. The Labute approximate surface area is 116 Å². The molecule has 0 amide bonds. The zero-order chi connectivity index (χ0) is 14.4. The van der Waals surface area contributed by atoms with Crippen LogP contribution in [0.1, 0.15) is 47.0 Å². The molecule has 0 N–H and O–H groups in total. The fourth-order valence-electron chi connectivity index (χ4n) is 1.13. The third-order valence-corrected chi connectivity index (χ3v) is 2.99. The predicted octanol–water partition coefficient (Wildman–Crippen LogP) is 0.725. The van der Waals surface area contributed by atoms with E-state index in [2.05, 4.69) is 0 Å². The van der Waals surface area contributed by atoms with E-state index in [1.165, 1.54) is 0 Å². The molecule has 0 aliphatic carbocycles. The molecule has 6 heteroatoms. The Morgan fingerprint density at radius 2 is 1.61 bits per heavy atom. The first-order valence-electron chi connectivity index (χ1n) is 6.33. The number of carbonyl (C=O) groups excluding carboxylic acids is 2. The summed E-state index contributed by atoms with van der Waals surface area (Å²) in [5.74, 6) is -2.35. The first-order chi connectivity index (χ1) is 8.54. The fraction of sp³-hybridized carbons (Fsp3) is 0.833. The number of Topliss-reactive ketones (excluding diaryl/α,β-unsaturated/α-hetero) is 1. The Kier molecular flexibility index (Phi) is 16.2. The molecule has 0 saturated heterocycles. The van der Waals surface area contributed by atoms with Gasteiger partial charge in [0, 0.05) is 6.42 Å². The molecule has 0 aromatic rings. The molecule has 18 heavy (non-hydrogen) atoms. The number of aliphatic carboxylic acids is 1. The van der Waals surface area contributed by atoms with Crippen LogP contribution in [0.25, 0.3) is 0 Å². The number of ketones is 1. The van der Waals surface area contributed by atoms with Crippen LogP contribution in [0.4, 0.5) is 0 Å². The molecule has 0 heterocycles. The summed E-state index contributed by atoms with van der Waals surface area (Å²) in [7, 11) is 0. The van der Waals surface area contributed by atoms with Crippen molar-refractivity contribution in [1.29, 1.82) is 0 Å². The van der Waals surface area contributed by atoms with E-state index in [1.807, 2.05) is 20.8 Å². The minimum atomic E-state index is -1.24. The molecule has 0 fully saturated rings. The van der Waals surface area contributed by atoms with Gasteiger partial charge < -0.3 is 9.90 Å². The average Bonchev–Trinajstić information content (AvgIpc) is 2.31. The van der Waals surface area contributed by atoms with E-state index in [9.17, 15) is 14.7 Å². The van der Waals surface area contributed by atoms with Gasteiger partial charge in [-0.3, -0.25) is 4.79 Å². The van der Waals surface area contributed by atoms with Crippen LogP contribution in [-0.4, -0.2) is 40.9 Å². The number of hydrogen-bond acceptors (Lipinski definition) is 5. The first kappa shape index (κ1) is 19.9. The summed E-state index contributed by atoms with van der Waals surface area (Å²) in [4.78, 5) is 21.3. The molecule has 1 atom stereocenters. The van der Waals surface area contributed by atoms with Crippen molar-refractivity contribution in [3.05, 3.63) is 0 Å². The molecule has 0 aliphatic heterocycles. The van der Waals surface area contributed by atoms with Gasteiger partial charge in [0.25, 0.3) is 0 Å². The number of carbonyl (C=O) groups is 2. The normalized spacial score (nSPS) is 10.9. The number of rotatable bonds is 9. The Morgan fingerprint density at radius 1 is 1.11 bits per heavy atom. The van der Waals surface area contributed by atoms with E-state index in [4.69, 9.17) is 7.58 Å². The van der Waals surface area contributed by atoms with Gasteiger partial charge in [0.15, 0.2) is 0 Å². The van der Waals surface area contributed by atoms with Gasteiger partial charge in [-0.1, -0.05) is 13.8 Å². The predicted molar refractivity (Wildman–Crippen MR) is 67.7 cm³/mol. The van der Waals surface area contributed by atoms with Crippen molar-refractivity contribution < 1.29 is 22.3 Å². The molecule has 5 nitrogen and oxygen atoms in total. The maximum absolute atomic E-state index is 11.0. The topological polar surface area (TPSA) is 75.7 Å². The molecule has 0 rings (SSSR count). The second-order valence-electron chi connectivity index (χ2n) is 3.50. The molecule has 0 bridgehead atoms. The van der Waals surface area contributed by atoms with Crippen LogP contribution in [0.2, 0.25) is 0 Å². The molecule has 0 saturated carbocycles. The van der Waals surface area contributed by atoms with Crippen LogP contribution in [0, 0.1) is 5.92 Å². The van der Waals surface area contributed by atoms with Gasteiger partial charge in [-0.25, -0.2) is 0 Å². The van der Waals surface area contributed by atoms with Gasteiger partial charge in [0.1, 0.15) is 5.78 Å². The summed E-state index contributed by atoms with van der Waals surface area (Å²) in [6.45, 7) is 9.00. The second kappa shape index (κ2) is 14.7. The molecule has 0 radical (unpaired) electrons. The van der Waals surface area contributed by atoms with Crippen molar-refractivity contribution in [1.82, 2.24) is 0 Å². The summed E-state index contributed by atoms with van der Waals surface area (Å²) in [5, 5.41) is 10.3. The van der Waals surface area contributed by atoms with Gasteiger partial charge >= 0.3 is 50.5 Å². The standard InChI is InChI=1S/C8H14O3.2C2H5O.Al/c1-3-5-7(9)6(4-2)8(10)11;2*1-2-3;/h6H,3-5H2,1-2H3,(H,10,11);2*2H2,1H3;/q;2*-1;+3/p-1. The molecule has 1 unspecified atom stereocenters. The molecular formula is C12H23AlO5. The maximum atomic E-state index is 11.0. The van der Waals surface area contributed by atoms with Crippen molar-refractivity contribution in [3.8, 4) is 0 Å². The SMILES string of the molecule is CCCC(=O)C(CC)C(=O)[O-].CC[O][Al+][O]CC. The summed E-state index contributed by atoms with van der Waals surface area (Å²) < 4.78 is 9.87. The molecule has 104 valence electrons. The van der Waals surface area contributed by atoms with Crippen molar-refractivity contribution in [2.45, 2.75) is 47.0 Å². The first-order valence-corrected chi connectivity index (χ1v) is 7.27. The van der Waals surface area contributed by atoms with Crippen molar-refractivity contribution in [2.24, 2.45) is 5.92 Å². The average molecular weight is 274 g/mol. The quantitative estimate of drug-likeness (QED) is 0.352. The van der Waals surface area contributed by atoms with Crippen LogP contribution >= 0.6 is 0 Å². The van der Waals surface area contributed by atoms with E-state index in [0.717, 1.165) is 13.2 Å². The Hall–Kier alpha value is -0.408. The van der Waals surface area contributed by atoms with Crippen LogP contribution in [-0.2, 0) is 17.2 Å². The summed E-state index contributed by atoms with van der Waals surface area (Å²) >= 11 is -0.178. The van der Waals surface area contributed by atoms with E-state index in [0.29, 0.717) is 19.3 Å². The fourth-order valence-corrected chi connectivity index (χ4v) is 1.50. The van der Waals surface area contributed by atoms with E-state index in [1.54, 1.807) is 6.92 Å². The Morgan fingerprint density at radius 3 is 1.89 bits per heavy atom. The molecule has 0 aromatic heterocycles. The van der Waals surface area contributed by atoms with E-state index in [-0.39, 0.29) is 21.7 Å². The number of carboxylic acids is 1. The van der Waals surface area contributed by atoms with Crippen LogP contribution < -0.4 is 5.11 Å². The van der Waals surface area contributed by atoms with Gasteiger partial charge in [0.2, 0.25) is 0 Å². The monoisotopic (exact) mass is 274 g/mol. The van der Waals surface area contributed by atoms with Crippen molar-refractivity contribution in [2.75, 3.05) is 13.2 Å². The molecule has 0 aliphatic rings. The van der Waals surface area contributed by atoms with Gasteiger partial charge in [0.05, 0.1) is 11.9 Å². The molecule has 0 aromatic carbocycles. The zero-order valence-corrected chi connectivity index (χ0v) is 12.9. The number of carboxylic acid groups (broad SMARTS) is 1. The van der Waals surface area contributed by atoms with Crippen molar-refractivity contribution in [3.63, 3.8) is 0 Å². The minimum absolute atomic E-state index is 0.178. The third kappa shape index (κ3) is 12.1. The Balaban J connectivity index is 0. The number of hydrogen-bond donors (Lipinski definition) is 0. The Bertz CT molecular complexity index is 217. The molecule has 0 spiro atoms. The second-order valence-corrected chi connectivity index (χ2v) is 4.36. The van der Waals surface area contributed by atoms with Gasteiger partial charge in [-0.05, 0) is 12.8 Å². The van der Waals surface area contributed by atoms with Crippen LogP contribution in [0.3, 0.4) is 0 Å². The summed E-state index contributed by atoms with van der Waals surface area (Å²) in [6, 6.07) is 0. The van der Waals surface area contributed by atoms with E-state index >= 15 is 0 Å². The van der Waals surface area contributed by atoms with Crippen molar-refractivity contribution >= 4 is 27.6 Å². The summed E-state index contributed by atoms with van der Waals surface area (Å²) in [5.41, 5.74) is 0. The van der Waals surface area contributed by atoms with Crippen LogP contribution in [0.5, 0.6) is 0 Å². The molecular weight excluding hydrogens is 251 g/mol.